The van der Waals surface area contributed by atoms with Crippen LogP contribution in [0, 0.1) is 17.8 Å². The Kier molecular flexibility index (Phi) is 5.49. The predicted octanol–water partition coefficient (Wildman–Crippen LogP) is 2.24. The molecule has 1 saturated heterocycles. The minimum Gasteiger partial charge on any atom is -0.392 e. The van der Waals surface area contributed by atoms with Gasteiger partial charge in [0.2, 0.25) is 10.0 Å². The average molecular weight is 303 g/mol. The molecule has 2 aliphatic rings. The van der Waals surface area contributed by atoms with Crippen molar-refractivity contribution >= 4 is 10.0 Å². The van der Waals surface area contributed by atoms with E-state index >= 15 is 0 Å². The highest BCUT2D eigenvalue weighted by Gasteiger charge is 2.32. The van der Waals surface area contributed by atoms with Crippen LogP contribution in [-0.2, 0) is 10.0 Å². The molecule has 0 bridgehead atoms. The summed E-state index contributed by atoms with van der Waals surface area (Å²) in [5.74, 6) is 2.08. The van der Waals surface area contributed by atoms with Crippen LogP contribution in [-0.4, -0.2) is 42.8 Å². The van der Waals surface area contributed by atoms with Gasteiger partial charge < -0.3 is 5.11 Å². The average Bonchev–Trinajstić information content (AvgIpc) is 2.39. The quantitative estimate of drug-likeness (QED) is 0.866. The molecule has 0 amide bonds. The topological polar surface area (TPSA) is 57.6 Å². The number of β-amino-alcohol motifs (C(OH)–C–C–N with tert-alkyl or cyclic N) is 1. The number of nitrogens with zero attached hydrogens (tertiary/aromatic N) is 1. The molecular formula is C15H29NO3S. The van der Waals surface area contributed by atoms with Crippen molar-refractivity contribution in [2.75, 3.05) is 18.8 Å². The lowest BCUT2D eigenvalue weighted by Gasteiger charge is -2.34. The first kappa shape index (κ1) is 16.2. The predicted molar refractivity (Wildman–Crippen MR) is 80.9 cm³/mol. The third kappa shape index (κ3) is 4.18. The second kappa shape index (κ2) is 6.75. The molecule has 0 aromatic carbocycles. The van der Waals surface area contributed by atoms with Gasteiger partial charge in [-0.1, -0.05) is 13.8 Å². The minimum absolute atomic E-state index is 0.282. The Bertz CT molecular complexity index is 399. The van der Waals surface area contributed by atoms with E-state index in [-0.39, 0.29) is 5.75 Å². The third-order valence-electron chi connectivity index (χ3n) is 5.03. The van der Waals surface area contributed by atoms with E-state index in [4.69, 9.17) is 0 Å². The molecule has 1 heterocycles. The monoisotopic (exact) mass is 303 g/mol. The van der Waals surface area contributed by atoms with Crippen molar-refractivity contribution in [3.05, 3.63) is 0 Å². The summed E-state index contributed by atoms with van der Waals surface area (Å²) < 4.78 is 26.4. The molecule has 1 aliphatic heterocycles. The number of hydrogen-bond donors (Lipinski definition) is 1. The number of aliphatic hydroxyl groups excluding tert-OH is 1. The lowest BCUT2D eigenvalue weighted by molar-refractivity contribution is 0.107. The molecule has 1 aliphatic carbocycles. The van der Waals surface area contributed by atoms with E-state index in [1.807, 2.05) is 0 Å². The summed E-state index contributed by atoms with van der Waals surface area (Å²) in [4.78, 5) is 0. The fraction of sp³-hybridized carbons (Fsp3) is 1.00. The maximum atomic E-state index is 12.4. The van der Waals surface area contributed by atoms with Crippen molar-refractivity contribution < 1.29 is 13.5 Å². The Morgan fingerprint density at radius 2 is 1.80 bits per heavy atom. The Morgan fingerprint density at radius 1 is 1.15 bits per heavy atom. The highest BCUT2D eigenvalue weighted by Crippen LogP contribution is 2.34. The second-order valence-corrected chi connectivity index (χ2v) is 8.97. The summed E-state index contributed by atoms with van der Waals surface area (Å²) in [7, 11) is -3.18. The van der Waals surface area contributed by atoms with Crippen LogP contribution >= 0.6 is 0 Å². The zero-order valence-corrected chi connectivity index (χ0v) is 13.6. The highest BCUT2D eigenvalue weighted by atomic mass is 32.2. The number of hydrogen-bond acceptors (Lipinski definition) is 3. The second-order valence-electron chi connectivity index (χ2n) is 6.96. The molecular weight excluding hydrogens is 274 g/mol. The van der Waals surface area contributed by atoms with Crippen LogP contribution in [0.4, 0.5) is 0 Å². The summed E-state index contributed by atoms with van der Waals surface area (Å²) in [6.07, 6.45) is 5.44. The van der Waals surface area contributed by atoms with Gasteiger partial charge in [0.25, 0.3) is 0 Å². The normalized spacial score (nSPS) is 33.5. The number of piperidine rings is 1. The van der Waals surface area contributed by atoms with Gasteiger partial charge in [-0.25, -0.2) is 8.42 Å². The molecule has 5 heteroatoms. The molecule has 0 aromatic rings. The molecule has 1 N–H and O–H groups in total. The largest absolute Gasteiger partial charge is 0.392 e. The smallest absolute Gasteiger partial charge is 0.214 e. The molecule has 0 radical (unpaired) electrons. The molecule has 0 aromatic heterocycles. The molecule has 2 rings (SSSR count). The summed E-state index contributed by atoms with van der Waals surface area (Å²) >= 11 is 0. The Balaban J connectivity index is 1.86. The first-order chi connectivity index (χ1) is 9.38. The van der Waals surface area contributed by atoms with E-state index in [2.05, 4.69) is 13.8 Å². The van der Waals surface area contributed by atoms with Gasteiger partial charge in [-0.2, -0.15) is 4.31 Å². The summed E-state index contributed by atoms with van der Waals surface area (Å²) in [6, 6.07) is 0. The van der Waals surface area contributed by atoms with Crippen LogP contribution < -0.4 is 0 Å². The van der Waals surface area contributed by atoms with Gasteiger partial charge in [0.1, 0.15) is 0 Å². The van der Waals surface area contributed by atoms with E-state index in [0.717, 1.165) is 31.6 Å². The van der Waals surface area contributed by atoms with Crippen LogP contribution in [0.25, 0.3) is 0 Å². The van der Waals surface area contributed by atoms with Crippen molar-refractivity contribution in [2.24, 2.45) is 17.8 Å². The van der Waals surface area contributed by atoms with Gasteiger partial charge in [0.05, 0.1) is 11.9 Å². The van der Waals surface area contributed by atoms with Crippen LogP contribution in [0.15, 0.2) is 0 Å². The van der Waals surface area contributed by atoms with Crippen LogP contribution in [0.5, 0.6) is 0 Å². The third-order valence-corrected chi connectivity index (χ3v) is 7.04. The van der Waals surface area contributed by atoms with E-state index in [1.165, 1.54) is 17.1 Å². The molecule has 4 nitrogen and oxygen atoms in total. The van der Waals surface area contributed by atoms with Gasteiger partial charge in [-0.3, -0.25) is 0 Å². The molecule has 118 valence electrons. The first-order valence-corrected chi connectivity index (χ1v) is 9.65. The summed E-state index contributed by atoms with van der Waals surface area (Å²) in [5.41, 5.74) is 0. The Hall–Kier alpha value is -0.130. The summed E-state index contributed by atoms with van der Waals surface area (Å²) in [6.45, 7) is 5.40. The van der Waals surface area contributed by atoms with Crippen molar-refractivity contribution in [2.45, 2.75) is 58.5 Å². The van der Waals surface area contributed by atoms with Crippen LogP contribution in [0.2, 0.25) is 0 Å². The van der Waals surface area contributed by atoms with Gasteiger partial charge in [-0.05, 0) is 56.3 Å². The summed E-state index contributed by atoms with van der Waals surface area (Å²) in [5, 5.41) is 9.64. The van der Waals surface area contributed by atoms with Crippen molar-refractivity contribution in [3.8, 4) is 0 Å². The molecule has 2 fully saturated rings. The lowest BCUT2D eigenvalue weighted by Crippen LogP contribution is -2.44. The molecule has 0 spiro atoms. The van der Waals surface area contributed by atoms with Gasteiger partial charge in [0, 0.05) is 13.1 Å². The number of sulfonamides is 1. The molecule has 20 heavy (non-hydrogen) atoms. The van der Waals surface area contributed by atoms with Crippen LogP contribution in [0.3, 0.4) is 0 Å². The highest BCUT2D eigenvalue weighted by molar-refractivity contribution is 7.89. The zero-order valence-electron chi connectivity index (χ0n) is 12.8. The standard InChI is InChI=1S/C15H29NO3S/c1-12(2)14-7-5-13(6-8-14)11-20(18,19)16-9-3-4-15(17)10-16/h12-15,17H,3-11H2,1-2H3/t13-,14-,15-/m1/s1. The van der Waals surface area contributed by atoms with Crippen molar-refractivity contribution in [1.82, 2.24) is 4.31 Å². The van der Waals surface area contributed by atoms with E-state index < -0.39 is 16.1 Å². The van der Waals surface area contributed by atoms with Gasteiger partial charge >= 0.3 is 0 Å². The SMILES string of the molecule is CC(C)[C@H]1CC[C@H](CS(=O)(=O)N2CCC[C@@H](O)C2)CC1. The first-order valence-electron chi connectivity index (χ1n) is 8.04. The van der Waals surface area contributed by atoms with Crippen LogP contribution in [0.1, 0.15) is 52.4 Å². The molecule has 0 unspecified atom stereocenters. The van der Waals surface area contributed by atoms with Gasteiger partial charge in [0.15, 0.2) is 0 Å². The van der Waals surface area contributed by atoms with Crippen molar-refractivity contribution in [1.29, 1.82) is 0 Å². The van der Waals surface area contributed by atoms with E-state index in [9.17, 15) is 13.5 Å². The van der Waals surface area contributed by atoms with E-state index in [1.54, 1.807) is 0 Å². The minimum atomic E-state index is -3.18. The fourth-order valence-electron chi connectivity index (χ4n) is 3.60. The van der Waals surface area contributed by atoms with E-state index in [0.29, 0.717) is 24.9 Å². The number of rotatable bonds is 4. The Morgan fingerprint density at radius 3 is 2.35 bits per heavy atom. The maximum Gasteiger partial charge on any atom is 0.214 e. The maximum absolute atomic E-state index is 12.4. The molecule has 1 saturated carbocycles. The van der Waals surface area contributed by atoms with Gasteiger partial charge in [-0.15, -0.1) is 0 Å². The number of aliphatic hydroxyl groups is 1. The van der Waals surface area contributed by atoms with Crippen molar-refractivity contribution in [3.63, 3.8) is 0 Å². The lowest BCUT2D eigenvalue weighted by atomic mass is 9.78. The fourth-order valence-corrected chi connectivity index (χ4v) is 5.54. The molecule has 1 atom stereocenters. The zero-order chi connectivity index (χ0) is 14.8. The Labute approximate surface area is 123 Å².